The molecule has 0 fully saturated rings. The lowest BCUT2D eigenvalue weighted by Crippen LogP contribution is -2.26. The minimum Gasteiger partial charge on any atom is -0.319 e. The Morgan fingerprint density at radius 1 is 0.566 bits per heavy atom. The maximum Gasteiger partial charge on any atom is 0.133 e. The van der Waals surface area contributed by atoms with E-state index in [1.807, 2.05) is 12.3 Å². The molecule has 0 spiro atoms. The maximum absolute atomic E-state index is 4.94. The number of fused-ring (bicyclic) bond motifs is 7. The van der Waals surface area contributed by atoms with Crippen molar-refractivity contribution in [3.63, 3.8) is 0 Å². The zero-order chi connectivity index (χ0) is 35.1. The second-order valence-electron chi connectivity index (χ2n) is 14.1. The number of hydrogen-bond acceptors (Lipinski definition) is 2. The molecule has 1 unspecified atom stereocenters. The average Bonchev–Trinajstić information content (AvgIpc) is 3.24. The first-order valence-corrected chi connectivity index (χ1v) is 18.7. The third-order valence-electron chi connectivity index (χ3n) is 11.1. The Hall–Kier alpha value is -6.51. The number of pyridine rings is 1. The molecular weight excluding hydrogens is 641 g/mol. The smallest absolute Gasteiger partial charge is 0.133 e. The van der Waals surface area contributed by atoms with Gasteiger partial charge in [-0.15, -0.1) is 0 Å². The number of benzene rings is 7. The van der Waals surface area contributed by atoms with Gasteiger partial charge in [-0.3, -0.25) is 0 Å². The van der Waals surface area contributed by atoms with Gasteiger partial charge in [0, 0.05) is 11.9 Å². The predicted octanol–water partition coefficient (Wildman–Crippen LogP) is 13.9. The highest BCUT2D eigenvalue weighted by Crippen LogP contribution is 2.50. The van der Waals surface area contributed by atoms with E-state index in [1.54, 1.807) is 0 Å². The van der Waals surface area contributed by atoms with Crippen molar-refractivity contribution >= 4 is 55.5 Å². The van der Waals surface area contributed by atoms with E-state index in [1.165, 1.54) is 76.8 Å². The van der Waals surface area contributed by atoms with Gasteiger partial charge in [-0.1, -0.05) is 152 Å². The molecule has 0 amide bonds. The third kappa shape index (κ3) is 5.38. The molecule has 2 aliphatic carbocycles. The second kappa shape index (κ2) is 13.2. The summed E-state index contributed by atoms with van der Waals surface area (Å²) in [7, 11) is 0. The second-order valence-corrected chi connectivity index (χ2v) is 14.1. The van der Waals surface area contributed by atoms with Gasteiger partial charge in [-0.05, 0) is 126 Å². The molecule has 8 aromatic rings. The molecule has 1 heterocycles. The van der Waals surface area contributed by atoms with E-state index in [-0.39, 0.29) is 6.04 Å². The van der Waals surface area contributed by atoms with Crippen LogP contribution in [0.2, 0.25) is 0 Å². The minimum absolute atomic E-state index is 0.114. The third-order valence-corrected chi connectivity index (χ3v) is 11.1. The Labute approximate surface area is 310 Å². The fraction of sp³-hybridized carbons (Fsp3) is 0.0784. The summed E-state index contributed by atoms with van der Waals surface area (Å²) in [5.74, 6) is 0.950. The molecule has 0 bridgehead atoms. The molecule has 10 rings (SSSR count). The molecule has 1 aromatic heterocycles. The molecule has 0 saturated heterocycles. The van der Waals surface area contributed by atoms with Gasteiger partial charge in [-0.2, -0.15) is 0 Å². The molecule has 53 heavy (non-hydrogen) atoms. The molecule has 0 aliphatic heterocycles. The largest absolute Gasteiger partial charge is 0.319 e. The van der Waals surface area contributed by atoms with Crippen LogP contribution in [0, 0.1) is 0 Å². The lowest BCUT2D eigenvalue weighted by atomic mass is 9.80. The zero-order valence-corrected chi connectivity index (χ0v) is 29.5. The number of nitrogens with zero attached hydrogens (tertiary/aromatic N) is 2. The summed E-state index contributed by atoms with van der Waals surface area (Å²) in [5.41, 5.74) is 11.4. The van der Waals surface area contributed by atoms with Crippen molar-refractivity contribution in [1.29, 1.82) is 0 Å². The van der Waals surface area contributed by atoms with Crippen LogP contribution in [0.1, 0.15) is 42.0 Å². The van der Waals surface area contributed by atoms with Crippen LogP contribution in [0.15, 0.2) is 182 Å². The molecule has 0 N–H and O–H groups in total. The highest BCUT2D eigenvalue weighted by molar-refractivity contribution is 6.32. The summed E-state index contributed by atoms with van der Waals surface area (Å²) in [6, 6.07) is 55.7. The number of hydrogen-bond donors (Lipinski definition) is 0. The Balaban J connectivity index is 1.33. The standard InChI is InChI=1S/C51H38N2/c1-4-17-36(18-5-1)44-34-45(37-19-6-2-7-20-37)50-43-31-30-39(53(48-29-14-15-32-52-48)47-28-16-24-35-21-10-11-25-40(35)47)33-46(43)41-26-12-13-27-42(41)51(50)49(44)38-22-8-3-9-23-38/h1-6,8-19,21-27,29-34,47H,7,20,28H2. The first-order chi connectivity index (χ1) is 26.3. The number of allylic oxidation sites excluding steroid dienone is 4. The van der Waals surface area contributed by atoms with E-state index in [0.29, 0.717) is 0 Å². The molecule has 1 atom stereocenters. The SMILES string of the molecule is C1=CCCC(c2cc(-c3ccccc3)c(-c3ccccc3)c3c4ccccc4c4cc(N(c5ccccn5)C5CC=Cc6ccccc65)ccc4c23)=C1. The van der Waals surface area contributed by atoms with Crippen molar-refractivity contribution < 1.29 is 0 Å². The molecule has 2 aliphatic rings. The molecule has 0 saturated carbocycles. The Morgan fingerprint density at radius 2 is 1.30 bits per heavy atom. The highest BCUT2D eigenvalue weighted by Gasteiger charge is 2.28. The van der Waals surface area contributed by atoms with Crippen LogP contribution in [0.3, 0.4) is 0 Å². The van der Waals surface area contributed by atoms with E-state index in [2.05, 4.69) is 181 Å². The Kier molecular flexibility index (Phi) is 7.80. The minimum atomic E-state index is 0.114. The van der Waals surface area contributed by atoms with Crippen molar-refractivity contribution in [3.8, 4) is 22.3 Å². The highest BCUT2D eigenvalue weighted by atomic mass is 15.2. The van der Waals surface area contributed by atoms with Crippen molar-refractivity contribution in [2.45, 2.75) is 25.3 Å². The van der Waals surface area contributed by atoms with Gasteiger partial charge < -0.3 is 4.90 Å². The monoisotopic (exact) mass is 678 g/mol. The molecule has 0 radical (unpaired) electrons. The number of aromatic nitrogens is 1. The lowest BCUT2D eigenvalue weighted by molar-refractivity contribution is 0.694. The molecule has 252 valence electrons. The molecule has 2 heteroatoms. The van der Waals surface area contributed by atoms with Gasteiger partial charge in [0.15, 0.2) is 0 Å². The van der Waals surface area contributed by atoms with E-state index >= 15 is 0 Å². The Morgan fingerprint density at radius 3 is 2.09 bits per heavy atom. The van der Waals surface area contributed by atoms with Gasteiger partial charge in [0.05, 0.1) is 6.04 Å². The number of rotatable bonds is 6. The number of anilines is 2. The van der Waals surface area contributed by atoms with Crippen molar-refractivity contribution in [1.82, 2.24) is 4.98 Å². The summed E-state index contributed by atoms with van der Waals surface area (Å²) in [5, 5.41) is 7.69. The van der Waals surface area contributed by atoms with E-state index in [9.17, 15) is 0 Å². The van der Waals surface area contributed by atoms with Gasteiger partial charge in [-0.25, -0.2) is 4.98 Å². The fourth-order valence-corrected chi connectivity index (χ4v) is 8.75. The van der Waals surface area contributed by atoms with Crippen molar-refractivity contribution in [3.05, 3.63) is 199 Å². The van der Waals surface area contributed by atoms with Crippen LogP contribution in [0.4, 0.5) is 11.5 Å². The average molecular weight is 679 g/mol. The van der Waals surface area contributed by atoms with Gasteiger partial charge in [0.25, 0.3) is 0 Å². The van der Waals surface area contributed by atoms with Crippen LogP contribution in [-0.4, -0.2) is 4.98 Å². The predicted molar refractivity (Wildman–Crippen MR) is 225 cm³/mol. The van der Waals surface area contributed by atoms with Crippen LogP contribution in [0.5, 0.6) is 0 Å². The van der Waals surface area contributed by atoms with Crippen LogP contribution < -0.4 is 4.90 Å². The topological polar surface area (TPSA) is 16.1 Å². The van der Waals surface area contributed by atoms with E-state index < -0.39 is 0 Å². The first kappa shape index (κ1) is 31.2. The first-order valence-electron chi connectivity index (χ1n) is 18.7. The van der Waals surface area contributed by atoms with Crippen molar-refractivity contribution in [2.24, 2.45) is 0 Å². The molecule has 2 nitrogen and oxygen atoms in total. The summed E-state index contributed by atoms with van der Waals surface area (Å²) in [4.78, 5) is 7.39. The lowest BCUT2D eigenvalue weighted by Gasteiger charge is -2.35. The summed E-state index contributed by atoms with van der Waals surface area (Å²) in [6.07, 6.45) is 16.3. The summed E-state index contributed by atoms with van der Waals surface area (Å²) in [6.45, 7) is 0. The van der Waals surface area contributed by atoms with Gasteiger partial charge in [0.1, 0.15) is 5.82 Å². The Bertz CT molecular complexity index is 2740. The van der Waals surface area contributed by atoms with E-state index in [0.717, 1.165) is 30.8 Å². The van der Waals surface area contributed by atoms with Crippen LogP contribution in [0.25, 0.3) is 66.2 Å². The fourth-order valence-electron chi connectivity index (χ4n) is 8.75. The molecular formula is C51H38N2. The molecule has 7 aromatic carbocycles. The zero-order valence-electron chi connectivity index (χ0n) is 29.5. The van der Waals surface area contributed by atoms with Crippen molar-refractivity contribution in [2.75, 3.05) is 4.90 Å². The quantitative estimate of drug-likeness (QED) is 0.163. The normalized spacial score (nSPS) is 15.1. The van der Waals surface area contributed by atoms with Crippen LogP contribution in [-0.2, 0) is 0 Å². The summed E-state index contributed by atoms with van der Waals surface area (Å²) >= 11 is 0. The van der Waals surface area contributed by atoms with Gasteiger partial charge >= 0.3 is 0 Å². The van der Waals surface area contributed by atoms with Gasteiger partial charge in [0.2, 0.25) is 0 Å². The summed E-state index contributed by atoms with van der Waals surface area (Å²) < 4.78 is 0. The van der Waals surface area contributed by atoms with E-state index in [4.69, 9.17) is 4.98 Å². The van der Waals surface area contributed by atoms with Crippen LogP contribution >= 0.6 is 0 Å². The maximum atomic E-state index is 4.94.